The zero-order valence-corrected chi connectivity index (χ0v) is 7.99. The minimum atomic E-state index is -0.493. The zero-order valence-electron chi connectivity index (χ0n) is 7.99. The number of fused-ring (bicyclic) bond motifs is 1. The second-order valence-electron chi connectivity index (χ2n) is 5.11. The smallest absolute Gasteiger partial charge is 0.0827 e. The van der Waals surface area contributed by atoms with E-state index in [1.165, 1.54) is 0 Å². The Morgan fingerprint density at radius 1 is 1.25 bits per heavy atom. The molecule has 70 valence electrons. The third-order valence-corrected chi connectivity index (χ3v) is 4.13. The van der Waals surface area contributed by atoms with Crippen molar-refractivity contribution in [3.63, 3.8) is 0 Å². The molecule has 0 aromatic heterocycles. The molecule has 0 heterocycles. The molecule has 0 aromatic carbocycles. The normalized spacial score (nSPS) is 56.2. The summed E-state index contributed by atoms with van der Waals surface area (Å²) in [5.74, 6) is 1.55. The summed E-state index contributed by atoms with van der Waals surface area (Å²) >= 11 is 0. The lowest BCUT2D eigenvalue weighted by Gasteiger charge is -2.28. The Bertz CT molecular complexity index is 200. The molecule has 0 saturated heterocycles. The summed E-state index contributed by atoms with van der Waals surface area (Å²) in [7, 11) is 0. The summed E-state index contributed by atoms with van der Waals surface area (Å²) < 4.78 is 0. The summed E-state index contributed by atoms with van der Waals surface area (Å²) in [5.41, 5.74) is 0.359. The van der Waals surface area contributed by atoms with Crippen LogP contribution in [0.15, 0.2) is 0 Å². The first-order valence-electron chi connectivity index (χ1n) is 4.82. The molecule has 0 amide bonds. The van der Waals surface area contributed by atoms with Gasteiger partial charge in [-0.1, -0.05) is 20.8 Å². The van der Waals surface area contributed by atoms with Gasteiger partial charge >= 0.3 is 0 Å². The topological polar surface area (TPSA) is 40.5 Å². The van der Waals surface area contributed by atoms with Crippen LogP contribution >= 0.6 is 0 Å². The summed E-state index contributed by atoms with van der Waals surface area (Å²) in [6, 6.07) is 0. The third-order valence-electron chi connectivity index (χ3n) is 4.13. The first-order chi connectivity index (χ1) is 5.46. The first kappa shape index (κ1) is 8.52. The standard InChI is InChI=1S/C10H18O2/c1-5-8-6(10(8,2)3)4-7(11)9(5)12/h5-9,11-12H,4H2,1-3H3/t5-,6-,7+,8-,9+/m1/s1. The van der Waals surface area contributed by atoms with Crippen molar-refractivity contribution in [3.8, 4) is 0 Å². The van der Waals surface area contributed by atoms with Crippen LogP contribution in [0.1, 0.15) is 27.2 Å². The van der Waals surface area contributed by atoms with Crippen LogP contribution in [0.4, 0.5) is 0 Å². The summed E-state index contributed by atoms with van der Waals surface area (Å²) in [6.45, 7) is 6.53. The van der Waals surface area contributed by atoms with E-state index in [0.29, 0.717) is 17.3 Å². The molecule has 2 aliphatic carbocycles. The SMILES string of the molecule is C[C@H]1[C@H](O)[C@@H](O)C[C@@H]2[C@@H]1C2(C)C. The average Bonchev–Trinajstić information content (AvgIpc) is 2.49. The number of aliphatic hydroxyl groups excluding tert-OH is 2. The molecule has 0 bridgehead atoms. The highest BCUT2D eigenvalue weighted by molar-refractivity contribution is 5.12. The van der Waals surface area contributed by atoms with Crippen LogP contribution in [0.2, 0.25) is 0 Å². The van der Waals surface area contributed by atoms with Gasteiger partial charge in [0.05, 0.1) is 12.2 Å². The molecule has 2 saturated carbocycles. The van der Waals surface area contributed by atoms with Crippen molar-refractivity contribution >= 4 is 0 Å². The molecular weight excluding hydrogens is 152 g/mol. The summed E-state index contributed by atoms with van der Waals surface area (Å²) in [6.07, 6.45) is -0.181. The van der Waals surface area contributed by atoms with E-state index in [1.54, 1.807) is 0 Å². The van der Waals surface area contributed by atoms with E-state index in [0.717, 1.165) is 6.42 Å². The van der Waals surface area contributed by atoms with Crippen molar-refractivity contribution in [1.82, 2.24) is 0 Å². The number of hydrogen-bond acceptors (Lipinski definition) is 2. The van der Waals surface area contributed by atoms with Crippen molar-refractivity contribution in [2.24, 2.45) is 23.2 Å². The Morgan fingerprint density at radius 3 is 2.42 bits per heavy atom. The van der Waals surface area contributed by atoms with Crippen molar-refractivity contribution < 1.29 is 10.2 Å². The maximum atomic E-state index is 9.63. The molecule has 2 heteroatoms. The van der Waals surface area contributed by atoms with Crippen LogP contribution in [0.25, 0.3) is 0 Å². The van der Waals surface area contributed by atoms with E-state index in [2.05, 4.69) is 20.8 Å². The molecule has 0 spiro atoms. The first-order valence-corrected chi connectivity index (χ1v) is 4.82. The van der Waals surface area contributed by atoms with Crippen molar-refractivity contribution in [1.29, 1.82) is 0 Å². The Balaban J connectivity index is 2.16. The average molecular weight is 170 g/mol. The molecule has 2 fully saturated rings. The molecule has 12 heavy (non-hydrogen) atoms. The van der Waals surface area contributed by atoms with Crippen molar-refractivity contribution in [2.75, 3.05) is 0 Å². The minimum Gasteiger partial charge on any atom is -0.390 e. The lowest BCUT2D eigenvalue weighted by molar-refractivity contribution is -0.0435. The van der Waals surface area contributed by atoms with E-state index in [1.807, 2.05) is 0 Å². The van der Waals surface area contributed by atoms with Crippen molar-refractivity contribution in [3.05, 3.63) is 0 Å². The van der Waals surface area contributed by atoms with Gasteiger partial charge in [0, 0.05) is 0 Å². The highest BCUT2D eigenvalue weighted by atomic mass is 16.3. The van der Waals surface area contributed by atoms with Gasteiger partial charge in [0.15, 0.2) is 0 Å². The fourth-order valence-corrected chi connectivity index (χ4v) is 3.24. The van der Waals surface area contributed by atoms with E-state index in [-0.39, 0.29) is 5.92 Å². The quantitative estimate of drug-likeness (QED) is 0.570. The second kappa shape index (κ2) is 2.24. The number of aliphatic hydroxyl groups is 2. The van der Waals surface area contributed by atoms with Crippen LogP contribution < -0.4 is 0 Å². The molecule has 5 atom stereocenters. The van der Waals surface area contributed by atoms with Gasteiger partial charge < -0.3 is 10.2 Å². The second-order valence-corrected chi connectivity index (χ2v) is 5.11. The zero-order chi connectivity index (χ0) is 9.09. The Morgan fingerprint density at radius 2 is 1.83 bits per heavy atom. The van der Waals surface area contributed by atoms with E-state index in [4.69, 9.17) is 0 Å². The van der Waals surface area contributed by atoms with Crippen LogP contribution in [0, 0.1) is 23.2 Å². The van der Waals surface area contributed by atoms with Gasteiger partial charge in [-0.05, 0) is 29.6 Å². The van der Waals surface area contributed by atoms with Gasteiger partial charge in [-0.3, -0.25) is 0 Å². The molecule has 2 aliphatic rings. The molecule has 0 unspecified atom stereocenters. The van der Waals surface area contributed by atoms with Crippen molar-refractivity contribution in [2.45, 2.75) is 39.4 Å². The van der Waals surface area contributed by atoms with E-state index in [9.17, 15) is 10.2 Å². The van der Waals surface area contributed by atoms with Gasteiger partial charge in [-0.2, -0.15) is 0 Å². The largest absolute Gasteiger partial charge is 0.390 e. The lowest BCUT2D eigenvalue weighted by Crippen LogP contribution is -2.37. The van der Waals surface area contributed by atoms with E-state index < -0.39 is 12.2 Å². The molecule has 2 nitrogen and oxygen atoms in total. The molecule has 0 radical (unpaired) electrons. The molecular formula is C10H18O2. The van der Waals surface area contributed by atoms with Gasteiger partial charge in [0.2, 0.25) is 0 Å². The fraction of sp³-hybridized carbons (Fsp3) is 1.00. The Hall–Kier alpha value is -0.0800. The van der Waals surface area contributed by atoms with Crippen LogP contribution in [-0.4, -0.2) is 22.4 Å². The van der Waals surface area contributed by atoms with Crippen LogP contribution in [-0.2, 0) is 0 Å². The van der Waals surface area contributed by atoms with Crippen LogP contribution in [0.3, 0.4) is 0 Å². The lowest BCUT2D eigenvalue weighted by atomic mass is 9.85. The summed E-state index contributed by atoms with van der Waals surface area (Å²) in [4.78, 5) is 0. The molecule has 0 aromatic rings. The Kier molecular flexibility index (Phi) is 1.59. The Labute approximate surface area is 73.6 Å². The molecule has 0 aliphatic heterocycles. The van der Waals surface area contributed by atoms with Gasteiger partial charge in [0.1, 0.15) is 0 Å². The number of rotatable bonds is 0. The summed E-state index contributed by atoms with van der Waals surface area (Å²) in [5, 5.41) is 19.2. The van der Waals surface area contributed by atoms with Gasteiger partial charge in [-0.25, -0.2) is 0 Å². The highest BCUT2D eigenvalue weighted by Crippen LogP contribution is 2.66. The van der Waals surface area contributed by atoms with Gasteiger partial charge in [0.25, 0.3) is 0 Å². The monoisotopic (exact) mass is 170 g/mol. The van der Waals surface area contributed by atoms with E-state index >= 15 is 0 Å². The molecule has 2 rings (SSSR count). The third kappa shape index (κ3) is 0.882. The number of hydrogen-bond donors (Lipinski definition) is 2. The minimum absolute atomic E-state index is 0.272. The highest BCUT2D eigenvalue weighted by Gasteiger charge is 2.64. The van der Waals surface area contributed by atoms with Crippen LogP contribution in [0.5, 0.6) is 0 Å². The predicted octanol–water partition coefficient (Wildman–Crippen LogP) is 1.02. The fourth-order valence-electron chi connectivity index (χ4n) is 3.24. The van der Waals surface area contributed by atoms with Gasteiger partial charge in [-0.15, -0.1) is 0 Å². The maximum absolute atomic E-state index is 9.63. The predicted molar refractivity (Wildman–Crippen MR) is 46.6 cm³/mol. The maximum Gasteiger partial charge on any atom is 0.0827 e. The molecule has 2 N–H and O–H groups in total.